The molecule has 0 radical (unpaired) electrons. The van der Waals surface area contributed by atoms with Gasteiger partial charge in [0.15, 0.2) is 0 Å². The summed E-state index contributed by atoms with van der Waals surface area (Å²) >= 11 is 0. The molecule has 1 unspecified atom stereocenters. The highest BCUT2D eigenvalue weighted by Gasteiger charge is 2.26. The molecule has 2 aromatic rings. The highest BCUT2D eigenvalue weighted by molar-refractivity contribution is 5.37. The Labute approximate surface area is 113 Å². The SMILES string of the molecule is Cn1ccc(C(NN)c2ccccc2C2CCC2)n1. The molecule has 3 N–H and O–H groups in total. The molecular formula is C15H20N4. The summed E-state index contributed by atoms with van der Waals surface area (Å²) in [4.78, 5) is 0. The van der Waals surface area contributed by atoms with Gasteiger partial charge in [-0.25, -0.2) is 5.43 Å². The number of nitrogens with two attached hydrogens (primary N) is 1. The number of hydrogen-bond acceptors (Lipinski definition) is 3. The molecule has 1 aliphatic carbocycles. The Balaban J connectivity index is 1.99. The second-order valence-corrected chi connectivity index (χ2v) is 5.27. The third-order valence-electron chi connectivity index (χ3n) is 4.05. The third-order valence-corrected chi connectivity index (χ3v) is 4.05. The lowest BCUT2D eigenvalue weighted by Crippen LogP contribution is -2.30. The fourth-order valence-electron chi connectivity index (χ4n) is 2.79. The van der Waals surface area contributed by atoms with Crippen molar-refractivity contribution in [2.24, 2.45) is 12.9 Å². The molecule has 100 valence electrons. The number of hydrazine groups is 1. The Kier molecular flexibility index (Phi) is 3.36. The van der Waals surface area contributed by atoms with E-state index in [0.29, 0.717) is 5.92 Å². The van der Waals surface area contributed by atoms with Gasteiger partial charge in [0.2, 0.25) is 0 Å². The number of benzene rings is 1. The molecule has 0 aliphatic heterocycles. The first kappa shape index (κ1) is 12.4. The summed E-state index contributed by atoms with van der Waals surface area (Å²) in [5.41, 5.74) is 6.56. The molecule has 1 saturated carbocycles. The molecule has 1 heterocycles. The van der Waals surface area contributed by atoms with Crippen LogP contribution in [0.15, 0.2) is 36.5 Å². The summed E-state index contributed by atoms with van der Waals surface area (Å²) in [7, 11) is 1.93. The summed E-state index contributed by atoms with van der Waals surface area (Å²) in [6.45, 7) is 0. The van der Waals surface area contributed by atoms with Gasteiger partial charge in [-0.1, -0.05) is 30.7 Å². The van der Waals surface area contributed by atoms with E-state index in [4.69, 9.17) is 5.84 Å². The molecule has 1 aliphatic rings. The Morgan fingerprint density at radius 2 is 2.11 bits per heavy atom. The third kappa shape index (κ3) is 2.29. The van der Waals surface area contributed by atoms with Crippen molar-refractivity contribution in [1.82, 2.24) is 15.2 Å². The molecule has 0 spiro atoms. The van der Waals surface area contributed by atoms with Gasteiger partial charge >= 0.3 is 0 Å². The number of rotatable bonds is 4. The Bertz CT molecular complexity index is 557. The topological polar surface area (TPSA) is 55.9 Å². The maximum Gasteiger partial charge on any atom is 0.0902 e. The predicted octanol–water partition coefficient (Wildman–Crippen LogP) is 2.24. The van der Waals surface area contributed by atoms with Crippen molar-refractivity contribution in [3.8, 4) is 0 Å². The van der Waals surface area contributed by atoms with Gasteiger partial charge in [0.25, 0.3) is 0 Å². The molecule has 3 rings (SSSR count). The molecule has 0 bridgehead atoms. The summed E-state index contributed by atoms with van der Waals surface area (Å²) < 4.78 is 1.81. The minimum Gasteiger partial charge on any atom is -0.275 e. The Morgan fingerprint density at radius 1 is 1.32 bits per heavy atom. The number of aryl methyl sites for hydroxylation is 1. The van der Waals surface area contributed by atoms with E-state index in [0.717, 1.165) is 5.69 Å². The Morgan fingerprint density at radius 3 is 2.68 bits per heavy atom. The first-order valence-corrected chi connectivity index (χ1v) is 6.84. The number of nitrogens with one attached hydrogen (secondary N) is 1. The van der Waals surface area contributed by atoms with Crippen LogP contribution in [-0.2, 0) is 7.05 Å². The van der Waals surface area contributed by atoms with Crippen LogP contribution < -0.4 is 11.3 Å². The van der Waals surface area contributed by atoms with Crippen molar-refractivity contribution in [2.45, 2.75) is 31.2 Å². The highest BCUT2D eigenvalue weighted by Crippen LogP contribution is 2.40. The lowest BCUT2D eigenvalue weighted by atomic mass is 9.77. The number of aromatic nitrogens is 2. The molecule has 1 aromatic carbocycles. The van der Waals surface area contributed by atoms with Crippen LogP contribution in [0.1, 0.15) is 48.0 Å². The van der Waals surface area contributed by atoms with Gasteiger partial charge < -0.3 is 0 Å². The van der Waals surface area contributed by atoms with Gasteiger partial charge in [0.1, 0.15) is 0 Å². The van der Waals surface area contributed by atoms with Gasteiger partial charge in [-0.3, -0.25) is 10.5 Å². The van der Waals surface area contributed by atoms with Gasteiger partial charge in [0, 0.05) is 13.2 Å². The molecule has 0 saturated heterocycles. The van der Waals surface area contributed by atoms with E-state index >= 15 is 0 Å². The molecule has 1 atom stereocenters. The normalized spacial score (nSPS) is 17.2. The average molecular weight is 256 g/mol. The van der Waals surface area contributed by atoms with Crippen LogP contribution in [0.25, 0.3) is 0 Å². The average Bonchev–Trinajstić information content (AvgIpc) is 2.77. The van der Waals surface area contributed by atoms with Crippen molar-refractivity contribution < 1.29 is 0 Å². The fourth-order valence-corrected chi connectivity index (χ4v) is 2.79. The van der Waals surface area contributed by atoms with Gasteiger partial charge in [-0.05, 0) is 36.0 Å². The van der Waals surface area contributed by atoms with Gasteiger partial charge in [-0.2, -0.15) is 5.10 Å². The van der Waals surface area contributed by atoms with Crippen LogP contribution in [0.5, 0.6) is 0 Å². The lowest BCUT2D eigenvalue weighted by Gasteiger charge is -2.30. The van der Waals surface area contributed by atoms with Crippen molar-refractivity contribution >= 4 is 0 Å². The van der Waals surface area contributed by atoms with Crippen molar-refractivity contribution in [2.75, 3.05) is 0 Å². The van der Waals surface area contributed by atoms with Crippen LogP contribution in [-0.4, -0.2) is 9.78 Å². The molecule has 0 amide bonds. The van der Waals surface area contributed by atoms with Crippen LogP contribution >= 0.6 is 0 Å². The predicted molar refractivity (Wildman–Crippen MR) is 75.4 cm³/mol. The standard InChI is InChI=1S/C15H20N4/c1-19-10-9-14(18-19)15(17-16)13-8-3-2-7-12(13)11-5-4-6-11/h2-3,7-11,15,17H,4-6,16H2,1H3. The minimum absolute atomic E-state index is 0.0296. The summed E-state index contributed by atoms with van der Waals surface area (Å²) in [6.07, 6.45) is 5.86. The monoisotopic (exact) mass is 256 g/mol. The van der Waals surface area contributed by atoms with Crippen molar-refractivity contribution in [3.05, 3.63) is 53.3 Å². The molecule has 4 nitrogen and oxygen atoms in total. The van der Waals surface area contributed by atoms with Gasteiger partial charge in [-0.15, -0.1) is 0 Å². The first-order valence-electron chi connectivity index (χ1n) is 6.84. The number of nitrogens with zero attached hydrogens (tertiary/aromatic N) is 2. The molecule has 4 heteroatoms. The maximum atomic E-state index is 5.78. The summed E-state index contributed by atoms with van der Waals surface area (Å²) in [5.74, 6) is 6.47. The molecule has 1 aromatic heterocycles. The van der Waals surface area contributed by atoms with Crippen molar-refractivity contribution in [1.29, 1.82) is 0 Å². The van der Waals surface area contributed by atoms with Crippen LogP contribution in [0, 0.1) is 0 Å². The smallest absolute Gasteiger partial charge is 0.0902 e. The van der Waals surface area contributed by atoms with Crippen LogP contribution in [0.4, 0.5) is 0 Å². The molecule has 19 heavy (non-hydrogen) atoms. The van der Waals surface area contributed by atoms with Crippen molar-refractivity contribution in [3.63, 3.8) is 0 Å². The largest absolute Gasteiger partial charge is 0.275 e. The zero-order valence-corrected chi connectivity index (χ0v) is 11.2. The quantitative estimate of drug-likeness (QED) is 0.651. The summed E-state index contributed by atoms with van der Waals surface area (Å²) in [6, 6.07) is 10.6. The van der Waals surface area contributed by atoms with E-state index in [2.05, 4.69) is 34.8 Å². The van der Waals surface area contributed by atoms with E-state index in [-0.39, 0.29) is 6.04 Å². The van der Waals surface area contributed by atoms with E-state index in [1.807, 2.05) is 24.0 Å². The lowest BCUT2D eigenvalue weighted by molar-refractivity contribution is 0.414. The van der Waals surface area contributed by atoms with Crippen LogP contribution in [0.2, 0.25) is 0 Å². The first-order chi connectivity index (χ1) is 9.29. The zero-order valence-electron chi connectivity index (χ0n) is 11.2. The molecule has 1 fully saturated rings. The van der Waals surface area contributed by atoms with Crippen LogP contribution in [0.3, 0.4) is 0 Å². The summed E-state index contributed by atoms with van der Waals surface area (Å²) in [5, 5.41) is 4.48. The van der Waals surface area contributed by atoms with E-state index in [1.54, 1.807) is 0 Å². The minimum atomic E-state index is -0.0296. The fraction of sp³-hybridized carbons (Fsp3) is 0.400. The second kappa shape index (κ2) is 5.15. The second-order valence-electron chi connectivity index (χ2n) is 5.27. The molecular weight excluding hydrogens is 236 g/mol. The van der Waals surface area contributed by atoms with E-state index < -0.39 is 0 Å². The maximum absolute atomic E-state index is 5.78. The van der Waals surface area contributed by atoms with E-state index in [1.165, 1.54) is 30.4 Å². The van der Waals surface area contributed by atoms with Gasteiger partial charge in [0.05, 0.1) is 11.7 Å². The Hall–Kier alpha value is -1.65. The highest BCUT2D eigenvalue weighted by atomic mass is 15.3. The zero-order chi connectivity index (χ0) is 13.2. The number of hydrogen-bond donors (Lipinski definition) is 2. The van der Waals surface area contributed by atoms with E-state index in [9.17, 15) is 0 Å².